The first-order valence-corrected chi connectivity index (χ1v) is 10.2. The highest BCUT2D eigenvalue weighted by molar-refractivity contribution is 7.80. The Morgan fingerprint density at radius 1 is 1.17 bits per heavy atom. The van der Waals surface area contributed by atoms with Gasteiger partial charge in [0.25, 0.3) is 5.56 Å². The maximum Gasteiger partial charge on any atom is 0.253 e. The average molecular weight is 410 g/mol. The van der Waals surface area contributed by atoms with Crippen LogP contribution in [0, 0.1) is 20.8 Å². The number of aliphatic hydroxyl groups is 1. The lowest BCUT2D eigenvalue weighted by atomic mass is 10.0. The van der Waals surface area contributed by atoms with E-state index in [9.17, 15) is 9.90 Å². The lowest BCUT2D eigenvalue weighted by Crippen LogP contribution is -2.37. The Hall–Kier alpha value is -2.70. The van der Waals surface area contributed by atoms with Crippen molar-refractivity contribution in [2.24, 2.45) is 0 Å². The van der Waals surface area contributed by atoms with Gasteiger partial charge in [-0.3, -0.25) is 4.79 Å². The lowest BCUT2D eigenvalue weighted by Gasteiger charge is -2.26. The molecule has 0 atom stereocenters. The predicted molar refractivity (Wildman–Crippen MR) is 124 cm³/mol. The first-order chi connectivity index (χ1) is 13.9. The fourth-order valence-corrected chi connectivity index (χ4v) is 3.61. The number of hydrogen-bond donors (Lipinski definition) is 3. The summed E-state index contributed by atoms with van der Waals surface area (Å²) in [4.78, 5) is 17.7. The monoisotopic (exact) mass is 409 g/mol. The van der Waals surface area contributed by atoms with Gasteiger partial charge in [-0.25, -0.2) is 0 Å². The number of thiocarbonyl (C=S) groups is 1. The van der Waals surface area contributed by atoms with Crippen LogP contribution >= 0.6 is 12.2 Å². The van der Waals surface area contributed by atoms with E-state index in [1.54, 1.807) is 0 Å². The lowest BCUT2D eigenvalue weighted by molar-refractivity contribution is 0.266. The normalized spacial score (nSPS) is 10.9. The summed E-state index contributed by atoms with van der Waals surface area (Å²) in [6, 6.07) is 14.0. The van der Waals surface area contributed by atoms with Gasteiger partial charge in [0.1, 0.15) is 0 Å². The molecule has 0 aliphatic carbocycles. The smallest absolute Gasteiger partial charge is 0.253 e. The number of benzene rings is 2. The quantitative estimate of drug-likeness (QED) is 0.536. The summed E-state index contributed by atoms with van der Waals surface area (Å²) in [5.74, 6) is 0. The molecule has 6 heteroatoms. The van der Waals surface area contributed by atoms with Gasteiger partial charge in [-0.2, -0.15) is 0 Å². The maximum atomic E-state index is 12.7. The summed E-state index contributed by atoms with van der Waals surface area (Å²) in [5.41, 5.74) is 5.68. The number of aliphatic hydroxyl groups excluding tert-OH is 1. The van der Waals surface area contributed by atoms with Crippen molar-refractivity contribution < 1.29 is 5.11 Å². The molecule has 0 unspecified atom stereocenters. The van der Waals surface area contributed by atoms with Crippen LogP contribution < -0.4 is 10.9 Å². The van der Waals surface area contributed by atoms with Crippen molar-refractivity contribution in [3.63, 3.8) is 0 Å². The second-order valence-corrected chi connectivity index (χ2v) is 7.78. The average Bonchev–Trinajstić information content (AvgIpc) is 2.69. The highest BCUT2D eigenvalue weighted by Gasteiger charge is 2.14. The van der Waals surface area contributed by atoms with E-state index in [1.807, 2.05) is 62.1 Å². The first-order valence-electron chi connectivity index (χ1n) is 9.74. The zero-order valence-electron chi connectivity index (χ0n) is 17.1. The van der Waals surface area contributed by atoms with Crippen LogP contribution in [0.1, 0.15) is 28.7 Å². The molecule has 3 aromatic rings. The van der Waals surface area contributed by atoms with E-state index in [0.29, 0.717) is 30.2 Å². The van der Waals surface area contributed by atoms with Gasteiger partial charge in [0.15, 0.2) is 5.11 Å². The molecule has 1 heterocycles. The highest BCUT2D eigenvalue weighted by atomic mass is 32.1. The summed E-state index contributed by atoms with van der Waals surface area (Å²) in [7, 11) is 0. The Kier molecular flexibility index (Phi) is 6.67. The molecule has 0 bridgehead atoms. The van der Waals surface area contributed by atoms with E-state index in [-0.39, 0.29) is 12.2 Å². The number of pyridine rings is 1. The number of rotatable bonds is 6. The predicted octanol–water partition coefficient (Wildman–Crippen LogP) is 4.03. The van der Waals surface area contributed by atoms with Crippen LogP contribution in [0.3, 0.4) is 0 Å². The molecule has 5 nitrogen and oxygen atoms in total. The van der Waals surface area contributed by atoms with Crippen LogP contribution in [0.2, 0.25) is 0 Å². The van der Waals surface area contributed by atoms with Crippen LogP contribution in [-0.2, 0) is 6.54 Å². The number of fused-ring (bicyclic) bond motifs is 1. The van der Waals surface area contributed by atoms with Gasteiger partial charge >= 0.3 is 0 Å². The molecule has 29 heavy (non-hydrogen) atoms. The maximum absolute atomic E-state index is 12.7. The van der Waals surface area contributed by atoms with Crippen molar-refractivity contribution >= 4 is 33.9 Å². The van der Waals surface area contributed by atoms with Crippen molar-refractivity contribution in [1.82, 2.24) is 9.88 Å². The number of hydrogen-bond acceptors (Lipinski definition) is 3. The zero-order chi connectivity index (χ0) is 21.0. The molecule has 0 spiro atoms. The van der Waals surface area contributed by atoms with E-state index in [2.05, 4.69) is 16.4 Å². The van der Waals surface area contributed by atoms with Crippen molar-refractivity contribution in [1.29, 1.82) is 0 Å². The molecule has 152 valence electrons. The zero-order valence-corrected chi connectivity index (χ0v) is 17.9. The van der Waals surface area contributed by atoms with Crippen molar-refractivity contribution in [3.8, 4) is 0 Å². The molecule has 3 rings (SSSR count). The van der Waals surface area contributed by atoms with Gasteiger partial charge < -0.3 is 20.3 Å². The first kappa shape index (κ1) is 21.0. The van der Waals surface area contributed by atoms with E-state index < -0.39 is 0 Å². The minimum atomic E-state index is -0.112. The Morgan fingerprint density at radius 3 is 2.69 bits per heavy atom. The summed E-state index contributed by atoms with van der Waals surface area (Å²) in [6.45, 7) is 7.06. The van der Waals surface area contributed by atoms with Gasteiger partial charge in [0.05, 0.1) is 12.1 Å². The third-order valence-electron chi connectivity index (χ3n) is 5.13. The van der Waals surface area contributed by atoms with E-state index in [1.165, 1.54) is 0 Å². The number of aromatic nitrogens is 1. The van der Waals surface area contributed by atoms with E-state index in [0.717, 1.165) is 33.3 Å². The fraction of sp³-hybridized carbons (Fsp3) is 0.304. The van der Waals surface area contributed by atoms with Crippen LogP contribution in [0.25, 0.3) is 10.9 Å². The Morgan fingerprint density at radius 2 is 1.97 bits per heavy atom. The minimum Gasteiger partial charge on any atom is -0.396 e. The van der Waals surface area contributed by atoms with Crippen LogP contribution in [0.15, 0.2) is 47.3 Å². The largest absolute Gasteiger partial charge is 0.396 e. The Bertz CT molecular complexity index is 1090. The molecule has 0 radical (unpaired) electrons. The van der Waals surface area contributed by atoms with Crippen molar-refractivity contribution in [2.45, 2.75) is 33.7 Å². The van der Waals surface area contributed by atoms with E-state index in [4.69, 9.17) is 12.2 Å². The van der Waals surface area contributed by atoms with Crippen molar-refractivity contribution in [2.75, 3.05) is 18.5 Å². The molecule has 0 saturated heterocycles. The van der Waals surface area contributed by atoms with Gasteiger partial charge in [-0.15, -0.1) is 0 Å². The SMILES string of the molecule is Cc1cccc(NC(=S)N(CCCO)Cc2cc3ccc(C)c(C)c3[nH]c2=O)c1. The molecule has 0 fully saturated rings. The minimum absolute atomic E-state index is 0.0656. The van der Waals surface area contributed by atoms with Crippen molar-refractivity contribution in [3.05, 3.63) is 75.1 Å². The summed E-state index contributed by atoms with van der Waals surface area (Å²) >= 11 is 5.61. The van der Waals surface area contributed by atoms with E-state index >= 15 is 0 Å². The molecule has 0 aliphatic rings. The molecular weight excluding hydrogens is 382 g/mol. The number of aryl methyl sites for hydroxylation is 3. The summed E-state index contributed by atoms with van der Waals surface area (Å²) in [6.07, 6.45) is 0.569. The Labute approximate surface area is 176 Å². The topological polar surface area (TPSA) is 68.4 Å². The Balaban J connectivity index is 1.88. The van der Waals surface area contributed by atoms with Crippen LogP contribution in [-0.4, -0.2) is 33.3 Å². The standard InChI is InChI=1S/C23H27N3O2S/c1-15-6-4-7-20(12-15)24-23(29)26(10-5-11-27)14-19-13-18-9-8-16(2)17(3)21(18)25-22(19)28/h4,6-9,12-13,27H,5,10-11,14H2,1-3H3,(H,24,29)(H,25,28). The molecule has 2 aromatic carbocycles. The second-order valence-electron chi connectivity index (χ2n) is 7.39. The number of aromatic amines is 1. The third-order valence-corrected chi connectivity index (χ3v) is 5.49. The molecule has 0 aliphatic heterocycles. The van der Waals surface area contributed by atoms with Gasteiger partial charge in [-0.05, 0) is 79.7 Å². The van der Waals surface area contributed by atoms with Crippen LogP contribution in [0.5, 0.6) is 0 Å². The molecule has 0 amide bonds. The molecule has 3 N–H and O–H groups in total. The number of anilines is 1. The number of H-pyrrole nitrogens is 1. The molecule has 0 saturated carbocycles. The van der Waals surface area contributed by atoms with Gasteiger partial charge in [0.2, 0.25) is 0 Å². The van der Waals surface area contributed by atoms with Gasteiger partial charge in [-0.1, -0.05) is 24.3 Å². The fourth-order valence-electron chi connectivity index (χ4n) is 3.33. The number of nitrogens with zero attached hydrogens (tertiary/aromatic N) is 1. The summed E-state index contributed by atoms with van der Waals surface area (Å²) < 4.78 is 0. The number of nitrogens with one attached hydrogen (secondary N) is 2. The highest BCUT2D eigenvalue weighted by Crippen LogP contribution is 2.20. The second kappa shape index (κ2) is 9.20. The van der Waals surface area contributed by atoms with Gasteiger partial charge in [0, 0.05) is 24.4 Å². The molecule has 1 aromatic heterocycles. The third kappa shape index (κ3) is 5.02. The molecular formula is C23H27N3O2S. The summed E-state index contributed by atoms with van der Waals surface area (Å²) in [5, 5.41) is 14.1. The van der Waals surface area contributed by atoms with Crippen LogP contribution in [0.4, 0.5) is 5.69 Å².